The summed E-state index contributed by atoms with van der Waals surface area (Å²) in [6, 6.07) is 5.05. The molecular formula is C15H21BrFNO. The minimum absolute atomic E-state index is 0.0576. The third-order valence-corrected chi connectivity index (χ3v) is 3.99. The summed E-state index contributed by atoms with van der Waals surface area (Å²) >= 11 is 3.42. The van der Waals surface area contributed by atoms with Gasteiger partial charge in [0.15, 0.2) is 0 Å². The highest BCUT2D eigenvalue weighted by molar-refractivity contribution is 9.10. The monoisotopic (exact) mass is 329 g/mol. The molecule has 0 aliphatic carbocycles. The van der Waals surface area contributed by atoms with Crippen LogP contribution in [0.15, 0.2) is 22.7 Å². The first kappa shape index (κ1) is 14.9. The van der Waals surface area contributed by atoms with Crippen molar-refractivity contribution in [2.24, 2.45) is 0 Å². The van der Waals surface area contributed by atoms with E-state index in [1.807, 2.05) is 6.07 Å². The lowest BCUT2D eigenvalue weighted by Crippen LogP contribution is -2.37. The fourth-order valence-corrected chi connectivity index (χ4v) is 2.90. The van der Waals surface area contributed by atoms with Crippen LogP contribution in [0, 0.1) is 5.82 Å². The van der Waals surface area contributed by atoms with Crippen LogP contribution in [0.5, 0.6) is 0 Å². The first-order chi connectivity index (χ1) is 9.22. The third kappa shape index (κ3) is 4.01. The molecule has 2 unspecified atom stereocenters. The predicted molar refractivity (Wildman–Crippen MR) is 78.7 cm³/mol. The zero-order chi connectivity index (χ0) is 13.7. The number of ether oxygens (including phenoxy) is 1. The molecule has 1 aliphatic heterocycles. The number of benzene rings is 1. The first-order valence-electron chi connectivity index (χ1n) is 7.02. The summed E-state index contributed by atoms with van der Waals surface area (Å²) in [4.78, 5) is 0. The van der Waals surface area contributed by atoms with Crippen molar-refractivity contribution < 1.29 is 9.13 Å². The second-order valence-electron chi connectivity index (χ2n) is 5.00. The Bertz CT molecular complexity index is 407. The highest BCUT2D eigenvalue weighted by Crippen LogP contribution is 2.30. The van der Waals surface area contributed by atoms with E-state index in [0.29, 0.717) is 5.56 Å². The lowest BCUT2D eigenvalue weighted by Gasteiger charge is -2.32. The van der Waals surface area contributed by atoms with E-state index < -0.39 is 0 Å². The molecule has 1 aliphatic rings. The summed E-state index contributed by atoms with van der Waals surface area (Å²) in [6.45, 7) is 3.77. The van der Waals surface area contributed by atoms with Gasteiger partial charge in [-0.15, -0.1) is 0 Å². The number of rotatable bonds is 5. The van der Waals surface area contributed by atoms with Crippen LogP contribution in [-0.2, 0) is 4.74 Å². The van der Waals surface area contributed by atoms with Gasteiger partial charge in [0.25, 0.3) is 0 Å². The van der Waals surface area contributed by atoms with Crippen molar-refractivity contribution in [3.8, 4) is 0 Å². The van der Waals surface area contributed by atoms with Gasteiger partial charge >= 0.3 is 0 Å². The normalized spacial score (nSPS) is 21.3. The number of hydrogen-bond acceptors (Lipinski definition) is 2. The molecule has 1 aromatic carbocycles. The van der Waals surface area contributed by atoms with E-state index in [0.717, 1.165) is 43.3 Å². The minimum Gasteiger partial charge on any atom is -0.376 e. The molecule has 1 N–H and O–H groups in total. The Morgan fingerprint density at radius 2 is 2.32 bits per heavy atom. The summed E-state index contributed by atoms with van der Waals surface area (Å²) < 4.78 is 20.8. The van der Waals surface area contributed by atoms with Gasteiger partial charge in [-0.3, -0.25) is 0 Å². The van der Waals surface area contributed by atoms with Crippen LogP contribution in [0.25, 0.3) is 0 Å². The van der Waals surface area contributed by atoms with E-state index in [9.17, 15) is 4.39 Å². The van der Waals surface area contributed by atoms with Gasteiger partial charge < -0.3 is 10.1 Å². The van der Waals surface area contributed by atoms with Crippen molar-refractivity contribution in [3.63, 3.8) is 0 Å². The molecule has 1 fully saturated rings. The maximum atomic E-state index is 14.1. The van der Waals surface area contributed by atoms with E-state index in [1.54, 1.807) is 6.07 Å². The second kappa shape index (κ2) is 7.36. The topological polar surface area (TPSA) is 21.3 Å². The van der Waals surface area contributed by atoms with Crippen LogP contribution in [-0.4, -0.2) is 19.3 Å². The SMILES string of the molecule is CCCNC(c1cc(Br)ccc1F)C1CCCCO1. The van der Waals surface area contributed by atoms with Gasteiger partial charge in [-0.1, -0.05) is 22.9 Å². The molecule has 0 radical (unpaired) electrons. The average molecular weight is 330 g/mol. The molecule has 1 saturated heterocycles. The molecule has 0 saturated carbocycles. The summed E-state index contributed by atoms with van der Waals surface area (Å²) in [5.74, 6) is -0.161. The molecule has 0 spiro atoms. The molecule has 106 valence electrons. The van der Waals surface area contributed by atoms with Crippen molar-refractivity contribution in [3.05, 3.63) is 34.1 Å². The number of halogens is 2. The Kier molecular flexibility index (Phi) is 5.79. The van der Waals surface area contributed by atoms with Crippen molar-refractivity contribution in [2.75, 3.05) is 13.2 Å². The highest BCUT2D eigenvalue weighted by atomic mass is 79.9. The lowest BCUT2D eigenvalue weighted by molar-refractivity contribution is -0.00887. The molecule has 1 heterocycles. The lowest BCUT2D eigenvalue weighted by atomic mass is 9.95. The molecule has 19 heavy (non-hydrogen) atoms. The fourth-order valence-electron chi connectivity index (χ4n) is 2.52. The predicted octanol–water partition coefficient (Wildman–Crippen LogP) is 4.20. The molecule has 0 amide bonds. The Labute approximate surface area is 122 Å². The van der Waals surface area contributed by atoms with Crippen LogP contribution >= 0.6 is 15.9 Å². The van der Waals surface area contributed by atoms with Gasteiger partial charge in [0, 0.05) is 16.6 Å². The molecule has 0 bridgehead atoms. The van der Waals surface area contributed by atoms with Crippen LogP contribution in [0.1, 0.15) is 44.2 Å². The van der Waals surface area contributed by atoms with E-state index in [4.69, 9.17) is 4.74 Å². The quantitative estimate of drug-likeness (QED) is 0.874. The van der Waals surface area contributed by atoms with Gasteiger partial charge in [-0.25, -0.2) is 4.39 Å². The second-order valence-corrected chi connectivity index (χ2v) is 5.92. The van der Waals surface area contributed by atoms with Crippen molar-refractivity contribution in [1.82, 2.24) is 5.32 Å². The number of hydrogen-bond donors (Lipinski definition) is 1. The van der Waals surface area contributed by atoms with Crippen molar-refractivity contribution >= 4 is 15.9 Å². The minimum atomic E-state index is -0.161. The summed E-state index contributed by atoms with van der Waals surface area (Å²) in [6.07, 6.45) is 4.36. The van der Waals surface area contributed by atoms with Crippen LogP contribution in [0.4, 0.5) is 4.39 Å². The van der Waals surface area contributed by atoms with Crippen molar-refractivity contribution in [2.45, 2.75) is 44.8 Å². The third-order valence-electron chi connectivity index (χ3n) is 3.49. The maximum Gasteiger partial charge on any atom is 0.128 e. The van der Waals surface area contributed by atoms with Gasteiger partial charge in [-0.2, -0.15) is 0 Å². The summed E-state index contributed by atoms with van der Waals surface area (Å²) in [7, 11) is 0. The molecule has 1 aromatic rings. The largest absolute Gasteiger partial charge is 0.376 e. The smallest absolute Gasteiger partial charge is 0.128 e. The van der Waals surface area contributed by atoms with E-state index in [1.165, 1.54) is 6.07 Å². The van der Waals surface area contributed by atoms with Crippen LogP contribution in [0.2, 0.25) is 0 Å². The van der Waals surface area contributed by atoms with Crippen LogP contribution in [0.3, 0.4) is 0 Å². The average Bonchev–Trinajstić information content (AvgIpc) is 2.44. The molecule has 4 heteroatoms. The van der Waals surface area contributed by atoms with Gasteiger partial charge in [0.05, 0.1) is 12.1 Å². The van der Waals surface area contributed by atoms with E-state index >= 15 is 0 Å². The Balaban J connectivity index is 2.22. The molecule has 0 aromatic heterocycles. The number of nitrogens with one attached hydrogen (secondary N) is 1. The zero-order valence-corrected chi connectivity index (χ0v) is 12.9. The fraction of sp³-hybridized carbons (Fsp3) is 0.600. The molecule has 2 rings (SSSR count). The Hall–Kier alpha value is -0.450. The summed E-state index contributed by atoms with van der Waals surface area (Å²) in [5.41, 5.74) is 0.703. The van der Waals surface area contributed by atoms with Gasteiger partial charge in [-0.05, 0) is 50.4 Å². The molecule has 2 atom stereocenters. The zero-order valence-electron chi connectivity index (χ0n) is 11.3. The summed E-state index contributed by atoms with van der Waals surface area (Å²) in [5, 5.41) is 3.44. The standard InChI is InChI=1S/C15H21BrFNO/c1-2-8-18-15(14-5-3-4-9-19-14)12-10-11(16)6-7-13(12)17/h6-7,10,14-15,18H,2-5,8-9H2,1H3. The van der Waals surface area contributed by atoms with Gasteiger partial charge in [0.1, 0.15) is 5.82 Å². The van der Waals surface area contributed by atoms with E-state index in [-0.39, 0.29) is 18.0 Å². The molecule has 2 nitrogen and oxygen atoms in total. The maximum absolute atomic E-state index is 14.1. The van der Waals surface area contributed by atoms with Gasteiger partial charge in [0.2, 0.25) is 0 Å². The highest BCUT2D eigenvalue weighted by Gasteiger charge is 2.27. The Morgan fingerprint density at radius 1 is 1.47 bits per heavy atom. The van der Waals surface area contributed by atoms with E-state index in [2.05, 4.69) is 28.2 Å². The molecular weight excluding hydrogens is 309 g/mol. The Morgan fingerprint density at radius 3 is 3.00 bits per heavy atom. The van der Waals surface area contributed by atoms with Crippen molar-refractivity contribution in [1.29, 1.82) is 0 Å². The van der Waals surface area contributed by atoms with Crippen LogP contribution < -0.4 is 5.32 Å². The first-order valence-corrected chi connectivity index (χ1v) is 7.81.